The van der Waals surface area contributed by atoms with Gasteiger partial charge in [0.25, 0.3) is 0 Å². The number of ether oxygens (including phenoxy) is 2. The van der Waals surface area contributed by atoms with E-state index < -0.39 is 29.2 Å². The van der Waals surface area contributed by atoms with E-state index in [1.54, 1.807) is 6.07 Å². The number of carbonyl (C=O) groups excluding carboxylic acids is 4. The third kappa shape index (κ3) is 4.95. The number of alkyl halides is 1. The molecule has 0 aliphatic rings. The summed E-state index contributed by atoms with van der Waals surface area (Å²) >= 11 is 5.70. The number of anilines is 1. The molecule has 1 atom stereocenters. The molecule has 3 rings (SSSR count). The Hall–Kier alpha value is -3.59. The number of esters is 2. The highest BCUT2D eigenvalue weighted by Crippen LogP contribution is 2.31. The Morgan fingerprint density at radius 1 is 1.19 bits per heavy atom. The van der Waals surface area contributed by atoms with Crippen LogP contribution in [-0.2, 0) is 25.7 Å². The van der Waals surface area contributed by atoms with Crippen LogP contribution in [0.5, 0.6) is 0 Å². The van der Waals surface area contributed by atoms with Gasteiger partial charge in [0, 0.05) is 30.3 Å². The molecule has 2 heterocycles. The lowest BCUT2D eigenvalue weighted by Gasteiger charge is -2.06. The van der Waals surface area contributed by atoms with Crippen molar-refractivity contribution in [2.45, 2.75) is 32.9 Å². The van der Waals surface area contributed by atoms with Crippen LogP contribution in [0.3, 0.4) is 0 Å². The largest absolute Gasteiger partial charge is 0.461 e. The van der Waals surface area contributed by atoms with Crippen molar-refractivity contribution in [3.05, 3.63) is 53.1 Å². The number of amides is 1. The summed E-state index contributed by atoms with van der Waals surface area (Å²) in [5.41, 5.74) is 0.454. The first-order valence-corrected chi connectivity index (χ1v) is 9.63. The molecule has 3 aromatic rings. The zero-order chi connectivity index (χ0) is 22.7. The van der Waals surface area contributed by atoms with E-state index in [1.807, 2.05) is 0 Å². The van der Waals surface area contributed by atoms with Crippen LogP contribution in [0.4, 0.5) is 5.69 Å². The molecule has 1 amide bonds. The van der Waals surface area contributed by atoms with Crippen LogP contribution < -0.4 is 5.32 Å². The number of ketones is 1. The van der Waals surface area contributed by atoms with Gasteiger partial charge in [-0.25, -0.2) is 4.79 Å². The SMILES string of the molecule is CC(=O)Nc1c(C(=O)c2occc2COC(C)=O)[nH]c2cc(C(=O)OC(C)Cl)ccc12. The van der Waals surface area contributed by atoms with Gasteiger partial charge in [0.05, 0.1) is 17.5 Å². The Morgan fingerprint density at radius 3 is 2.58 bits per heavy atom. The van der Waals surface area contributed by atoms with Gasteiger partial charge in [0.1, 0.15) is 12.3 Å². The second kappa shape index (κ2) is 9.05. The van der Waals surface area contributed by atoms with Crippen LogP contribution in [0, 0.1) is 0 Å². The molecule has 0 radical (unpaired) electrons. The fourth-order valence-corrected chi connectivity index (χ4v) is 3.04. The third-order valence-corrected chi connectivity index (χ3v) is 4.30. The predicted molar refractivity (Wildman–Crippen MR) is 111 cm³/mol. The van der Waals surface area contributed by atoms with Crippen molar-refractivity contribution in [1.82, 2.24) is 4.98 Å². The number of carbonyl (C=O) groups is 4. The Kier molecular flexibility index (Phi) is 6.45. The van der Waals surface area contributed by atoms with Crippen LogP contribution in [0.15, 0.2) is 34.9 Å². The lowest BCUT2D eigenvalue weighted by Crippen LogP contribution is -2.12. The van der Waals surface area contributed by atoms with E-state index in [0.29, 0.717) is 16.5 Å². The number of H-pyrrole nitrogens is 1. The van der Waals surface area contributed by atoms with Crippen LogP contribution in [0.1, 0.15) is 52.9 Å². The number of halogens is 1. The first-order chi connectivity index (χ1) is 14.7. The minimum absolute atomic E-state index is 0.0421. The van der Waals surface area contributed by atoms with Crippen molar-refractivity contribution in [2.75, 3.05) is 5.32 Å². The summed E-state index contributed by atoms with van der Waals surface area (Å²) in [7, 11) is 0. The summed E-state index contributed by atoms with van der Waals surface area (Å²) in [6.45, 7) is 3.92. The molecule has 162 valence electrons. The van der Waals surface area contributed by atoms with Gasteiger partial charge in [-0.3, -0.25) is 14.4 Å². The number of fused-ring (bicyclic) bond motifs is 1. The molecule has 9 nitrogen and oxygen atoms in total. The number of rotatable bonds is 7. The van der Waals surface area contributed by atoms with Gasteiger partial charge in [-0.15, -0.1) is 0 Å². The van der Waals surface area contributed by atoms with Gasteiger partial charge in [-0.05, 0) is 31.2 Å². The number of hydrogen-bond donors (Lipinski definition) is 2. The van der Waals surface area contributed by atoms with Crippen molar-refractivity contribution in [2.24, 2.45) is 0 Å². The van der Waals surface area contributed by atoms with E-state index in [2.05, 4.69) is 10.3 Å². The first-order valence-electron chi connectivity index (χ1n) is 9.20. The molecule has 0 fully saturated rings. The normalized spacial score (nSPS) is 11.7. The van der Waals surface area contributed by atoms with Gasteiger partial charge in [-0.1, -0.05) is 11.6 Å². The zero-order valence-corrected chi connectivity index (χ0v) is 17.7. The Bertz CT molecular complexity index is 1180. The summed E-state index contributed by atoms with van der Waals surface area (Å²) in [5.74, 6) is -2.15. The summed E-state index contributed by atoms with van der Waals surface area (Å²) in [4.78, 5) is 51.1. The highest BCUT2D eigenvalue weighted by atomic mass is 35.5. The van der Waals surface area contributed by atoms with E-state index in [1.165, 1.54) is 45.2 Å². The van der Waals surface area contributed by atoms with Gasteiger partial charge < -0.3 is 24.2 Å². The average Bonchev–Trinajstić information content (AvgIpc) is 3.29. The standard InChI is InChI=1S/C21H19ClN2O7/c1-10(22)31-21(28)13-4-5-15-16(8-13)24-18(17(15)23-11(2)25)19(27)20-14(6-7-29-20)9-30-12(3)26/h4-8,10,24H,9H2,1-3H3,(H,23,25). The lowest BCUT2D eigenvalue weighted by molar-refractivity contribution is -0.142. The molecule has 0 spiro atoms. The molecular formula is C21H19ClN2O7. The second-order valence-electron chi connectivity index (χ2n) is 6.65. The number of hydrogen-bond acceptors (Lipinski definition) is 7. The van der Waals surface area contributed by atoms with Gasteiger partial charge in [0.2, 0.25) is 11.7 Å². The van der Waals surface area contributed by atoms with Crippen molar-refractivity contribution < 1.29 is 33.1 Å². The maximum atomic E-state index is 13.2. The van der Waals surface area contributed by atoms with Crippen LogP contribution in [0.25, 0.3) is 10.9 Å². The smallest absolute Gasteiger partial charge is 0.339 e. The molecule has 0 aliphatic heterocycles. The highest BCUT2D eigenvalue weighted by molar-refractivity contribution is 6.20. The average molecular weight is 447 g/mol. The van der Waals surface area contributed by atoms with Crippen molar-refractivity contribution in [3.63, 3.8) is 0 Å². The Balaban J connectivity index is 2.05. The molecule has 1 unspecified atom stereocenters. The van der Waals surface area contributed by atoms with Gasteiger partial charge in [0.15, 0.2) is 11.3 Å². The molecule has 0 saturated carbocycles. The molecule has 2 aromatic heterocycles. The molecule has 10 heteroatoms. The quantitative estimate of drug-likeness (QED) is 0.321. The maximum Gasteiger partial charge on any atom is 0.339 e. The molecular weight excluding hydrogens is 428 g/mol. The van der Waals surface area contributed by atoms with Crippen LogP contribution in [-0.4, -0.2) is 34.2 Å². The monoisotopic (exact) mass is 446 g/mol. The molecule has 0 saturated heterocycles. The molecule has 0 aliphatic carbocycles. The van der Waals surface area contributed by atoms with E-state index in [-0.39, 0.29) is 29.3 Å². The summed E-state index contributed by atoms with van der Waals surface area (Å²) < 4.78 is 15.2. The number of aromatic amines is 1. The fourth-order valence-electron chi connectivity index (χ4n) is 2.96. The fraction of sp³-hybridized carbons (Fsp3) is 0.238. The van der Waals surface area contributed by atoms with E-state index >= 15 is 0 Å². The topological polar surface area (TPSA) is 128 Å². The van der Waals surface area contributed by atoms with Crippen LogP contribution >= 0.6 is 11.6 Å². The molecule has 0 bridgehead atoms. The van der Waals surface area contributed by atoms with Crippen molar-refractivity contribution in [1.29, 1.82) is 0 Å². The van der Waals surface area contributed by atoms with E-state index in [9.17, 15) is 19.2 Å². The van der Waals surface area contributed by atoms with E-state index in [4.69, 9.17) is 25.5 Å². The predicted octanol–water partition coefficient (Wildman–Crippen LogP) is 3.76. The number of benzene rings is 1. The number of furan rings is 1. The summed E-state index contributed by atoms with van der Waals surface area (Å²) in [5, 5.41) is 3.14. The first kappa shape index (κ1) is 22.1. The lowest BCUT2D eigenvalue weighted by atomic mass is 10.1. The zero-order valence-electron chi connectivity index (χ0n) is 16.9. The minimum Gasteiger partial charge on any atom is -0.461 e. The summed E-state index contributed by atoms with van der Waals surface area (Å²) in [6.07, 6.45) is 1.30. The highest BCUT2D eigenvalue weighted by Gasteiger charge is 2.25. The Morgan fingerprint density at radius 2 is 1.94 bits per heavy atom. The van der Waals surface area contributed by atoms with Crippen LogP contribution in [0.2, 0.25) is 0 Å². The molecule has 2 N–H and O–H groups in total. The van der Waals surface area contributed by atoms with Gasteiger partial charge in [-0.2, -0.15) is 0 Å². The number of nitrogens with one attached hydrogen (secondary N) is 2. The van der Waals surface area contributed by atoms with E-state index in [0.717, 1.165) is 0 Å². The second-order valence-corrected chi connectivity index (χ2v) is 7.26. The molecule has 31 heavy (non-hydrogen) atoms. The third-order valence-electron chi connectivity index (χ3n) is 4.22. The van der Waals surface area contributed by atoms with Crippen molar-refractivity contribution >= 4 is 51.8 Å². The minimum atomic E-state index is -0.812. The maximum absolute atomic E-state index is 13.2. The summed E-state index contributed by atoms with van der Waals surface area (Å²) in [6, 6.07) is 6.07. The van der Waals surface area contributed by atoms with Gasteiger partial charge >= 0.3 is 11.9 Å². The Labute approximate surface area is 181 Å². The molecule has 1 aromatic carbocycles. The number of aromatic nitrogens is 1. The van der Waals surface area contributed by atoms with Crippen molar-refractivity contribution in [3.8, 4) is 0 Å².